The molecule has 4 heteroatoms. The van der Waals surface area contributed by atoms with Gasteiger partial charge in [0, 0.05) is 6.54 Å². The van der Waals surface area contributed by atoms with E-state index in [-0.39, 0.29) is 5.91 Å². The summed E-state index contributed by atoms with van der Waals surface area (Å²) in [6, 6.07) is 7.39. The summed E-state index contributed by atoms with van der Waals surface area (Å²) < 4.78 is 5.46. The van der Waals surface area contributed by atoms with Crippen molar-refractivity contribution in [2.45, 2.75) is 13.3 Å². The second-order valence-electron chi connectivity index (χ2n) is 4.37. The molecule has 98 valence electrons. The van der Waals surface area contributed by atoms with E-state index in [1.165, 1.54) is 12.2 Å². The number of para-hydroxylation sites is 1. The highest BCUT2D eigenvalue weighted by molar-refractivity contribution is 7.99. The van der Waals surface area contributed by atoms with Crippen LogP contribution in [0.15, 0.2) is 24.3 Å². The molecule has 0 saturated carbocycles. The summed E-state index contributed by atoms with van der Waals surface area (Å²) in [6.45, 7) is 3.26. The zero-order valence-electron chi connectivity index (χ0n) is 10.6. The number of carbonyl (C=O) groups is 1. The lowest BCUT2D eigenvalue weighted by atomic mass is 10.1. The van der Waals surface area contributed by atoms with Crippen LogP contribution in [0.4, 0.5) is 0 Å². The topological polar surface area (TPSA) is 38.3 Å². The molecule has 1 amide bonds. The van der Waals surface area contributed by atoms with Crippen molar-refractivity contribution in [3.63, 3.8) is 0 Å². The smallest absolute Gasteiger partial charge is 0.255 e. The van der Waals surface area contributed by atoms with Crippen LogP contribution >= 0.6 is 11.8 Å². The summed E-state index contributed by atoms with van der Waals surface area (Å²) in [5.41, 5.74) is 0.630. The third kappa shape index (κ3) is 3.42. The number of thioether (sulfide) groups is 1. The maximum absolute atomic E-state index is 12.1. The van der Waals surface area contributed by atoms with Gasteiger partial charge in [0.2, 0.25) is 0 Å². The molecule has 1 fully saturated rings. The van der Waals surface area contributed by atoms with Crippen LogP contribution in [0, 0.1) is 5.92 Å². The van der Waals surface area contributed by atoms with Crippen molar-refractivity contribution in [1.29, 1.82) is 0 Å². The van der Waals surface area contributed by atoms with Crippen molar-refractivity contribution in [2.24, 2.45) is 5.92 Å². The summed E-state index contributed by atoms with van der Waals surface area (Å²) in [6.07, 6.45) is 1.21. The molecular weight excluding hydrogens is 246 g/mol. The minimum absolute atomic E-state index is 0.0315. The highest BCUT2D eigenvalue weighted by Crippen LogP contribution is 2.23. The minimum atomic E-state index is -0.0315. The van der Waals surface area contributed by atoms with Crippen LogP contribution in [0.3, 0.4) is 0 Å². The van der Waals surface area contributed by atoms with Crippen LogP contribution in [-0.4, -0.2) is 30.6 Å². The number of carbonyl (C=O) groups excluding carboxylic acids is 1. The molecule has 3 nitrogen and oxygen atoms in total. The van der Waals surface area contributed by atoms with Crippen LogP contribution in [-0.2, 0) is 0 Å². The average molecular weight is 265 g/mol. The van der Waals surface area contributed by atoms with Gasteiger partial charge in [-0.2, -0.15) is 11.8 Å². The highest BCUT2D eigenvalue weighted by atomic mass is 32.2. The van der Waals surface area contributed by atoms with Gasteiger partial charge in [-0.1, -0.05) is 12.1 Å². The summed E-state index contributed by atoms with van der Waals surface area (Å²) in [4.78, 5) is 12.1. The monoisotopic (exact) mass is 265 g/mol. The Morgan fingerprint density at radius 1 is 1.50 bits per heavy atom. The van der Waals surface area contributed by atoms with Gasteiger partial charge in [-0.3, -0.25) is 4.79 Å². The first kappa shape index (κ1) is 13.3. The van der Waals surface area contributed by atoms with Crippen LogP contribution < -0.4 is 10.1 Å². The Hall–Kier alpha value is -1.16. The summed E-state index contributed by atoms with van der Waals surface area (Å²) >= 11 is 1.96. The zero-order chi connectivity index (χ0) is 12.8. The lowest BCUT2D eigenvalue weighted by Crippen LogP contribution is -2.29. The molecule has 0 aliphatic carbocycles. The van der Waals surface area contributed by atoms with Gasteiger partial charge < -0.3 is 10.1 Å². The van der Waals surface area contributed by atoms with E-state index in [0.29, 0.717) is 23.8 Å². The molecule has 18 heavy (non-hydrogen) atoms. The molecule has 0 bridgehead atoms. The highest BCUT2D eigenvalue weighted by Gasteiger charge is 2.17. The second-order valence-corrected chi connectivity index (χ2v) is 5.52. The number of hydrogen-bond acceptors (Lipinski definition) is 3. The number of benzene rings is 1. The van der Waals surface area contributed by atoms with E-state index < -0.39 is 0 Å². The standard InChI is InChI=1S/C14H19NO2S/c1-2-17-13-6-4-3-5-12(13)14(16)15-9-11-7-8-18-10-11/h3-6,11H,2,7-10H2,1H3,(H,15,16). The Morgan fingerprint density at radius 2 is 2.33 bits per heavy atom. The van der Waals surface area contributed by atoms with E-state index in [0.717, 1.165) is 12.3 Å². The molecule has 1 unspecified atom stereocenters. The van der Waals surface area contributed by atoms with E-state index in [1.807, 2.05) is 43.0 Å². The van der Waals surface area contributed by atoms with Gasteiger partial charge >= 0.3 is 0 Å². The molecular formula is C14H19NO2S. The predicted octanol–water partition coefficient (Wildman–Crippen LogP) is 2.57. The maximum Gasteiger partial charge on any atom is 0.255 e. The first-order chi connectivity index (χ1) is 8.81. The van der Waals surface area contributed by atoms with Gasteiger partial charge in [-0.25, -0.2) is 0 Å². The molecule has 1 saturated heterocycles. The minimum Gasteiger partial charge on any atom is -0.493 e. The van der Waals surface area contributed by atoms with Crippen LogP contribution in [0.25, 0.3) is 0 Å². The third-order valence-electron chi connectivity index (χ3n) is 3.01. The van der Waals surface area contributed by atoms with Crippen LogP contribution in [0.2, 0.25) is 0 Å². The van der Waals surface area contributed by atoms with Gasteiger partial charge in [0.05, 0.1) is 12.2 Å². The molecule has 0 aromatic heterocycles. The van der Waals surface area contributed by atoms with Gasteiger partial charge in [0.15, 0.2) is 0 Å². The summed E-state index contributed by atoms with van der Waals surface area (Å²) in [5, 5.41) is 3.01. The van der Waals surface area contributed by atoms with E-state index in [4.69, 9.17) is 4.74 Å². The lowest BCUT2D eigenvalue weighted by molar-refractivity contribution is 0.0944. The van der Waals surface area contributed by atoms with Crippen molar-refractivity contribution in [2.75, 3.05) is 24.7 Å². The number of nitrogens with one attached hydrogen (secondary N) is 1. The maximum atomic E-state index is 12.1. The number of rotatable bonds is 5. The zero-order valence-corrected chi connectivity index (χ0v) is 11.5. The Labute approximate surface area is 112 Å². The molecule has 0 spiro atoms. The summed E-state index contributed by atoms with van der Waals surface area (Å²) in [5.74, 6) is 3.64. The normalized spacial score (nSPS) is 18.6. The molecule has 1 aliphatic heterocycles. The fraction of sp³-hybridized carbons (Fsp3) is 0.500. The Balaban J connectivity index is 1.94. The predicted molar refractivity (Wildman–Crippen MR) is 75.4 cm³/mol. The Bertz CT molecular complexity index is 403. The molecule has 1 aliphatic rings. The van der Waals surface area contributed by atoms with Gasteiger partial charge in [-0.15, -0.1) is 0 Å². The molecule has 1 N–H and O–H groups in total. The van der Waals surface area contributed by atoms with Crippen molar-refractivity contribution in [1.82, 2.24) is 5.32 Å². The van der Waals surface area contributed by atoms with Gasteiger partial charge in [0.25, 0.3) is 5.91 Å². The third-order valence-corrected chi connectivity index (χ3v) is 4.24. The van der Waals surface area contributed by atoms with Crippen molar-refractivity contribution >= 4 is 17.7 Å². The average Bonchev–Trinajstić information content (AvgIpc) is 2.90. The molecule has 1 aromatic carbocycles. The Kier molecular flexibility index (Phi) is 4.93. The van der Waals surface area contributed by atoms with Crippen LogP contribution in [0.5, 0.6) is 5.75 Å². The van der Waals surface area contributed by atoms with Gasteiger partial charge in [0.1, 0.15) is 5.75 Å². The number of hydrogen-bond donors (Lipinski definition) is 1. The van der Waals surface area contributed by atoms with Gasteiger partial charge in [-0.05, 0) is 42.9 Å². The first-order valence-corrected chi connectivity index (χ1v) is 7.54. The number of amides is 1. The molecule has 1 aromatic rings. The molecule has 0 radical (unpaired) electrons. The van der Waals surface area contributed by atoms with Crippen molar-refractivity contribution in [3.8, 4) is 5.75 Å². The van der Waals surface area contributed by atoms with E-state index >= 15 is 0 Å². The molecule has 1 heterocycles. The van der Waals surface area contributed by atoms with Crippen molar-refractivity contribution in [3.05, 3.63) is 29.8 Å². The van der Waals surface area contributed by atoms with Crippen LogP contribution in [0.1, 0.15) is 23.7 Å². The quantitative estimate of drug-likeness (QED) is 0.889. The second kappa shape index (κ2) is 6.69. The largest absolute Gasteiger partial charge is 0.493 e. The Morgan fingerprint density at radius 3 is 3.06 bits per heavy atom. The fourth-order valence-electron chi connectivity index (χ4n) is 2.01. The number of ether oxygens (including phenoxy) is 1. The van der Waals surface area contributed by atoms with E-state index in [1.54, 1.807) is 0 Å². The van der Waals surface area contributed by atoms with E-state index in [9.17, 15) is 4.79 Å². The SMILES string of the molecule is CCOc1ccccc1C(=O)NCC1CCSC1. The molecule has 2 rings (SSSR count). The van der Waals surface area contributed by atoms with Crippen molar-refractivity contribution < 1.29 is 9.53 Å². The fourth-order valence-corrected chi connectivity index (χ4v) is 3.30. The summed E-state index contributed by atoms with van der Waals surface area (Å²) in [7, 11) is 0. The first-order valence-electron chi connectivity index (χ1n) is 6.39. The lowest BCUT2D eigenvalue weighted by Gasteiger charge is -2.12. The van der Waals surface area contributed by atoms with E-state index in [2.05, 4.69) is 5.32 Å². The molecule has 1 atom stereocenters.